The number of nitrogens with zero attached hydrogens (tertiary/aromatic N) is 1. The molecule has 0 fully saturated rings. The Balaban J connectivity index is 2.92. The van der Waals surface area contributed by atoms with Crippen LogP contribution in [0.1, 0.15) is 17.2 Å². The minimum absolute atomic E-state index is 0.0220. The molecule has 0 bridgehead atoms. The number of rotatable bonds is 3. The van der Waals surface area contributed by atoms with E-state index in [0.717, 1.165) is 11.3 Å². The number of hydrogen-bond donors (Lipinski definition) is 2. The molecule has 0 aliphatic carbocycles. The van der Waals surface area contributed by atoms with Gasteiger partial charge in [0.15, 0.2) is 0 Å². The van der Waals surface area contributed by atoms with Crippen LogP contribution < -0.4 is 5.73 Å². The van der Waals surface area contributed by atoms with E-state index in [1.165, 1.54) is 0 Å². The molecular weight excluding hydrogens is 152 g/mol. The molecule has 1 aromatic rings. The summed E-state index contributed by atoms with van der Waals surface area (Å²) in [4.78, 5) is 4.18. The topological polar surface area (TPSA) is 59.1 Å². The van der Waals surface area contributed by atoms with Gasteiger partial charge >= 0.3 is 0 Å². The van der Waals surface area contributed by atoms with Gasteiger partial charge in [-0.05, 0) is 18.6 Å². The lowest BCUT2D eigenvalue weighted by Gasteiger charge is -2.12. The first-order valence-electron chi connectivity index (χ1n) is 4.02. The Morgan fingerprint density at radius 3 is 2.92 bits per heavy atom. The Bertz CT molecular complexity index is 246. The van der Waals surface area contributed by atoms with Crippen LogP contribution >= 0.6 is 0 Å². The first-order valence-corrected chi connectivity index (χ1v) is 4.02. The number of aryl methyl sites for hydroxylation is 1. The Labute approximate surface area is 72.2 Å². The van der Waals surface area contributed by atoms with Gasteiger partial charge in [-0.25, -0.2) is 0 Å². The molecule has 0 spiro atoms. The van der Waals surface area contributed by atoms with Gasteiger partial charge < -0.3 is 10.8 Å². The van der Waals surface area contributed by atoms with E-state index >= 15 is 0 Å². The molecule has 66 valence electrons. The van der Waals surface area contributed by atoms with Crippen LogP contribution in [0.5, 0.6) is 0 Å². The second-order valence-corrected chi connectivity index (χ2v) is 2.82. The summed E-state index contributed by atoms with van der Waals surface area (Å²) in [5, 5.41) is 8.98. The fraction of sp³-hybridized carbons (Fsp3) is 0.444. The van der Waals surface area contributed by atoms with Crippen molar-refractivity contribution in [1.29, 1.82) is 0 Å². The maximum absolute atomic E-state index is 8.98. The van der Waals surface area contributed by atoms with Crippen molar-refractivity contribution < 1.29 is 5.11 Å². The largest absolute Gasteiger partial charge is 0.396 e. The van der Waals surface area contributed by atoms with Crippen LogP contribution in [-0.2, 0) is 0 Å². The molecule has 3 heteroatoms. The lowest BCUT2D eigenvalue weighted by atomic mass is 10.0. The van der Waals surface area contributed by atoms with Crippen molar-refractivity contribution in [3.8, 4) is 0 Å². The van der Waals surface area contributed by atoms with E-state index in [9.17, 15) is 0 Å². The van der Waals surface area contributed by atoms with Gasteiger partial charge in [-0.2, -0.15) is 0 Å². The normalized spacial score (nSPS) is 12.9. The van der Waals surface area contributed by atoms with E-state index in [0.29, 0.717) is 6.54 Å². The number of aliphatic hydroxyl groups excluding tert-OH is 1. The van der Waals surface area contributed by atoms with Gasteiger partial charge in [-0.15, -0.1) is 0 Å². The van der Waals surface area contributed by atoms with Gasteiger partial charge in [0.2, 0.25) is 0 Å². The number of pyridine rings is 1. The van der Waals surface area contributed by atoms with E-state index in [2.05, 4.69) is 4.98 Å². The zero-order chi connectivity index (χ0) is 8.97. The summed E-state index contributed by atoms with van der Waals surface area (Å²) < 4.78 is 0. The summed E-state index contributed by atoms with van der Waals surface area (Å²) in [5.41, 5.74) is 7.47. The molecular formula is C9H14N2O. The monoisotopic (exact) mass is 166 g/mol. The highest BCUT2D eigenvalue weighted by molar-refractivity contribution is 5.21. The van der Waals surface area contributed by atoms with Crippen LogP contribution in [0.4, 0.5) is 0 Å². The molecule has 1 rings (SSSR count). The van der Waals surface area contributed by atoms with E-state index in [-0.39, 0.29) is 12.5 Å². The van der Waals surface area contributed by atoms with Gasteiger partial charge in [0, 0.05) is 24.4 Å². The molecule has 1 aromatic heterocycles. The van der Waals surface area contributed by atoms with E-state index in [1.807, 2.05) is 19.1 Å². The van der Waals surface area contributed by atoms with Crippen LogP contribution in [0.2, 0.25) is 0 Å². The Hall–Kier alpha value is -0.930. The average molecular weight is 166 g/mol. The first kappa shape index (κ1) is 9.16. The third-order valence-electron chi connectivity index (χ3n) is 1.94. The first-order chi connectivity index (χ1) is 5.79. The highest BCUT2D eigenvalue weighted by Gasteiger charge is 2.11. The van der Waals surface area contributed by atoms with Gasteiger partial charge in [0.25, 0.3) is 0 Å². The fourth-order valence-corrected chi connectivity index (χ4v) is 1.20. The Morgan fingerprint density at radius 2 is 2.42 bits per heavy atom. The lowest BCUT2D eigenvalue weighted by Crippen LogP contribution is -2.18. The third kappa shape index (κ3) is 1.81. The molecule has 0 aliphatic rings. The number of hydrogen-bond acceptors (Lipinski definition) is 3. The van der Waals surface area contributed by atoms with Crippen LogP contribution in [0.15, 0.2) is 18.3 Å². The number of nitrogens with two attached hydrogens (primary N) is 1. The van der Waals surface area contributed by atoms with Crippen molar-refractivity contribution in [2.24, 2.45) is 5.73 Å². The molecule has 1 unspecified atom stereocenters. The Morgan fingerprint density at radius 1 is 1.67 bits per heavy atom. The SMILES string of the molecule is Cc1cccnc1C(CN)CO. The summed E-state index contributed by atoms with van der Waals surface area (Å²) >= 11 is 0. The highest BCUT2D eigenvalue weighted by Crippen LogP contribution is 2.14. The molecule has 0 amide bonds. The zero-order valence-corrected chi connectivity index (χ0v) is 7.20. The molecule has 0 saturated carbocycles. The average Bonchev–Trinajstić information content (AvgIpc) is 2.10. The molecule has 0 radical (unpaired) electrons. The van der Waals surface area contributed by atoms with Crippen molar-refractivity contribution in [3.05, 3.63) is 29.6 Å². The molecule has 3 nitrogen and oxygen atoms in total. The summed E-state index contributed by atoms with van der Waals surface area (Å²) in [6.45, 7) is 2.48. The van der Waals surface area contributed by atoms with Crippen molar-refractivity contribution >= 4 is 0 Å². The highest BCUT2D eigenvalue weighted by atomic mass is 16.3. The summed E-state index contributed by atoms with van der Waals surface area (Å²) in [7, 11) is 0. The van der Waals surface area contributed by atoms with Gasteiger partial charge in [-0.3, -0.25) is 4.98 Å². The molecule has 1 heterocycles. The predicted molar refractivity (Wildman–Crippen MR) is 47.9 cm³/mol. The quantitative estimate of drug-likeness (QED) is 0.684. The van der Waals surface area contributed by atoms with Gasteiger partial charge in [0.1, 0.15) is 0 Å². The van der Waals surface area contributed by atoms with Crippen LogP contribution in [0.3, 0.4) is 0 Å². The van der Waals surface area contributed by atoms with Crippen LogP contribution in [-0.4, -0.2) is 23.2 Å². The molecule has 1 atom stereocenters. The van der Waals surface area contributed by atoms with Crippen molar-refractivity contribution in [3.63, 3.8) is 0 Å². The van der Waals surface area contributed by atoms with Crippen LogP contribution in [0.25, 0.3) is 0 Å². The van der Waals surface area contributed by atoms with E-state index in [1.54, 1.807) is 6.20 Å². The molecule has 0 aliphatic heterocycles. The maximum atomic E-state index is 8.98. The molecule has 3 N–H and O–H groups in total. The maximum Gasteiger partial charge on any atom is 0.0527 e. The second-order valence-electron chi connectivity index (χ2n) is 2.82. The van der Waals surface area contributed by atoms with Crippen molar-refractivity contribution in [2.75, 3.05) is 13.2 Å². The second kappa shape index (κ2) is 4.18. The minimum Gasteiger partial charge on any atom is -0.396 e. The Kier molecular flexibility index (Phi) is 3.19. The molecule has 12 heavy (non-hydrogen) atoms. The molecule has 0 aromatic carbocycles. The van der Waals surface area contributed by atoms with E-state index < -0.39 is 0 Å². The fourth-order valence-electron chi connectivity index (χ4n) is 1.20. The zero-order valence-electron chi connectivity index (χ0n) is 7.20. The number of aromatic nitrogens is 1. The van der Waals surface area contributed by atoms with Crippen LogP contribution in [0, 0.1) is 6.92 Å². The smallest absolute Gasteiger partial charge is 0.0527 e. The standard InChI is InChI=1S/C9H14N2O/c1-7-3-2-4-11-9(7)8(5-10)6-12/h2-4,8,12H,5-6,10H2,1H3. The van der Waals surface area contributed by atoms with Gasteiger partial charge in [-0.1, -0.05) is 6.07 Å². The lowest BCUT2D eigenvalue weighted by molar-refractivity contribution is 0.265. The van der Waals surface area contributed by atoms with Crippen molar-refractivity contribution in [1.82, 2.24) is 4.98 Å². The number of aliphatic hydroxyl groups is 1. The summed E-state index contributed by atoms with van der Waals surface area (Å²) in [6.07, 6.45) is 1.72. The predicted octanol–water partition coefficient (Wildman–Crippen LogP) is 0.425. The van der Waals surface area contributed by atoms with Crippen molar-refractivity contribution in [2.45, 2.75) is 12.8 Å². The summed E-state index contributed by atoms with van der Waals surface area (Å²) in [5.74, 6) is -0.0220. The van der Waals surface area contributed by atoms with Gasteiger partial charge in [0.05, 0.1) is 6.61 Å². The summed E-state index contributed by atoms with van der Waals surface area (Å²) in [6, 6.07) is 3.85. The minimum atomic E-state index is -0.0220. The third-order valence-corrected chi connectivity index (χ3v) is 1.94. The van der Waals surface area contributed by atoms with E-state index in [4.69, 9.17) is 10.8 Å². The molecule has 0 saturated heterocycles.